The fourth-order valence-electron chi connectivity index (χ4n) is 3.31. The van der Waals surface area contributed by atoms with Crippen molar-refractivity contribution in [2.24, 2.45) is 17.8 Å². The average Bonchev–Trinajstić information content (AvgIpc) is 2.78. The van der Waals surface area contributed by atoms with Gasteiger partial charge in [0.05, 0.1) is 6.61 Å². The van der Waals surface area contributed by atoms with E-state index in [2.05, 4.69) is 32.2 Å². The highest BCUT2D eigenvalue weighted by molar-refractivity contribution is 5.06. The van der Waals surface area contributed by atoms with Crippen LogP contribution in [0.3, 0.4) is 0 Å². The topological polar surface area (TPSA) is 21.3 Å². The molecule has 17 heavy (non-hydrogen) atoms. The van der Waals surface area contributed by atoms with Crippen molar-refractivity contribution in [3.8, 4) is 0 Å². The summed E-state index contributed by atoms with van der Waals surface area (Å²) in [4.78, 5) is 0. The van der Waals surface area contributed by atoms with Crippen LogP contribution in [0.5, 0.6) is 0 Å². The highest BCUT2D eigenvalue weighted by atomic mass is 16.5. The van der Waals surface area contributed by atoms with Gasteiger partial charge in [-0.15, -0.1) is 0 Å². The van der Waals surface area contributed by atoms with Crippen LogP contribution in [0.25, 0.3) is 0 Å². The molecule has 0 aromatic carbocycles. The van der Waals surface area contributed by atoms with Crippen molar-refractivity contribution in [3.05, 3.63) is 11.6 Å². The smallest absolute Gasteiger partial charge is 0.0509 e. The van der Waals surface area contributed by atoms with Gasteiger partial charge in [-0.1, -0.05) is 18.6 Å². The van der Waals surface area contributed by atoms with Crippen LogP contribution >= 0.6 is 0 Å². The number of hydrogen-bond acceptors (Lipinski definition) is 2. The van der Waals surface area contributed by atoms with Crippen LogP contribution < -0.4 is 5.32 Å². The van der Waals surface area contributed by atoms with Crippen molar-refractivity contribution in [3.63, 3.8) is 0 Å². The lowest BCUT2D eigenvalue weighted by atomic mass is 9.83. The summed E-state index contributed by atoms with van der Waals surface area (Å²) in [5.41, 5.74) is 1.58. The lowest BCUT2D eigenvalue weighted by Crippen LogP contribution is -2.37. The van der Waals surface area contributed by atoms with E-state index in [0.29, 0.717) is 6.04 Å². The van der Waals surface area contributed by atoms with E-state index in [0.717, 1.165) is 31.0 Å². The Hall–Kier alpha value is -0.340. The van der Waals surface area contributed by atoms with Gasteiger partial charge in [0, 0.05) is 12.6 Å². The molecule has 1 saturated heterocycles. The Morgan fingerprint density at radius 3 is 3.00 bits per heavy atom. The molecule has 1 aliphatic heterocycles. The molecule has 0 aromatic rings. The van der Waals surface area contributed by atoms with Crippen LogP contribution in [0.1, 0.15) is 40.0 Å². The van der Waals surface area contributed by atoms with Gasteiger partial charge in [0.2, 0.25) is 0 Å². The molecule has 4 atom stereocenters. The van der Waals surface area contributed by atoms with Crippen molar-refractivity contribution >= 4 is 0 Å². The van der Waals surface area contributed by atoms with E-state index in [1.165, 1.54) is 25.8 Å². The Balaban J connectivity index is 1.72. The summed E-state index contributed by atoms with van der Waals surface area (Å²) in [7, 11) is 0. The molecule has 0 amide bonds. The zero-order chi connectivity index (χ0) is 12.3. The molecular formula is C15H27NO. The van der Waals surface area contributed by atoms with E-state index in [-0.39, 0.29) is 0 Å². The minimum Gasteiger partial charge on any atom is -0.381 e. The van der Waals surface area contributed by atoms with E-state index in [1.807, 2.05) is 0 Å². The summed E-state index contributed by atoms with van der Waals surface area (Å²) in [6.07, 6.45) is 6.29. The van der Waals surface area contributed by atoms with Gasteiger partial charge < -0.3 is 10.1 Å². The molecule has 1 heterocycles. The number of ether oxygens (including phenoxy) is 1. The summed E-state index contributed by atoms with van der Waals surface area (Å²) in [6, 6.07) is 0.610. The van der Waals surface area contributed by atoms with Gasteiger partial charge in [0.15, 0.2) is 0 Å². The number of allylic oxidation sites excluding steroid dienone is 2. The third-order valence-corrected chi connectivity index (χ3v) is 4.29. The minimum atomic E-state index is 0.610. The first kappa shape index (κ1) is 13.1. The Morgan fingerprint density at radius 1 is 1.53 bits per heavy atom. The highest BCUT2D eigenvalue weighted by Crippen LogP contribution is 2.27. The van der Waals surface area contributed by atoms with Gasteiger partial charge in [-0.25, -0.2) is 0 Å². The quantitative estimate of drug-likeness (QED) is 0.759. The average molecular weight is 237 g/mol. The van der Waals surface area contributed by atoms with E-state index < -0.39 is 0 Å². The molecule has 2 heteroatoms. The van der Waals surface area contributed by atoms with Crippen molar-refractivity contribution < 1.29 is 4.74 Å². The molecule has 98 valence electrons. The third-order valence-electron chi connectivity index (χ3n) is 4.29. The largest absolute Gasteiger partial charge is 0.381 e. The van der Waals surface area contributed by atoms with Crippen molar-refractivity contribution in [1.82, 2.24) is 5.32 Å². The maximum atomic E-state index is 5.46. The van der Waals surface area contributed by atoms with E-state index in [9.17, 15) is 0 Å². The molecule has 1 fully saturated rings. The first-order chi connectivity index (χ1) is 8.15. The summed E-state index contributed by atoms with van der Waals surface area (Å²) >= 11 is 0. The normalized spacial score (nSPS) is 35.7. The van der Waals surface area contributed by atoms with E-state index >= 15 is 0 Å². The fourth-order valence-corrected chi connectivity index (χ4v) is 3.31. The fraction of sp³-hybridized carbons (Fsp3) is 0.867. The highest BCUT2D eigenvalue weighted by Gasteiger charge is 2.24. The summed E-state index contributed by atoms with van der Waals surface area (Å²) in [6.45, 7) is 10.0. The predicted molar refractivity (Wildman–Crippen MR) is 72.0 cm³/mol. The molecule has 2 nitrogen and oxygen atoms in total. The SMILES string of the molecule is CC1=CC(C)CC(CNC(C)C2CCOC2)C1. The molecular weight excluding hydrogens is 210 g/mol. The molecule has 4 unspecified atom stereocenters. The monoisotopic (exact) mass is 237 g/mol. The molecule has 2 aliphatic rings. The lowest BCUT2D eigenvalue weighted by molar-refractivity contribution is 0.177. The molecule has 0 bridgehead atoms. The van der Waals surface area contributed by atoms with Gasteiger partial charge in [0.25, 0.3) is 0 Å². The summed E-state index contributed by atoms with van der Waals surface area (Å²) in [5.74, 6) is 2.33. The Bertz CT molecular complexity index is 268. The maximum Gasteiger partial charge on any atom is 0.0509 e. The Labute approximate surface area is 106 Å². The molecule has 0 radical (unpaired) electrons. The van der Waals surface area contributed by atoms with E-state index in [1.54, 1.807) is 5.57 Å². The molecule has 1 N–H and O–H groups in total. The lowest BCUT2D eigenvalue weighted by Gasteiger charge is -2.28. The maximum absolute atomic E-state index is 5.46. The number of nitrogens with one attached hydrogen (secondary N) is 1. The standard InChI is InChI=1S/C15H27NO/c1-11-6-12(2)8-14(7-11)9-16-13(3)15-4-5-17-10-15/h6,11,13-16H,4-5,7-10H2,1-3H3. The predicted octanol–water partition coefficient (Wildman–Crippen LogP) is 2.99. The Kier molecular flexibility index (Phi) is 4.63. The molecule has 0 aromatic heterocycles. The van der Waals surface area contributed by atoms with Crippen LogP contribution in [0.4, 0.5) is 0 Å². The second-order valence-electron chi connectivity index (χ2n) is 6.12. The molecule has 0 spiro atoms. The second kappa shape index (κ2) is 6.01. The zero-order valence-electron chi connectivity index (χ0n) is 11.5. The Morgan fingerprint density at radius 2 is 2.35 bits per heavy atom. The van der Waals surface area contributed by atoms with Crippen LogP contribution in [0.15, 0.2) is 11.6 Å². The summed E-state index contributed by atoms with van der Waals surface area (Å²) in [5, 5.41) is 3.73. The molecule has 1 aliphatic carbocycles. The minimum absolute atomic E-state index is 0.610. The van der Waals surface area contributed by atoms with Gasteiger partial charge in [-0.2, -0.15) is 0 Å². The summed E-state index contributed by atoms with van der Waals surface area (Å²) < 4.78 is 5.46. The third kappa shape index (κ3) is 3.82. The molecule has 2 rings (SSSR count). The van der Waals surface area contributed by atoms with Crippen molar-refractivity contribution in [1.29, 1.82) is 0 Å². The molecule has 0 saturated carbocycles. The van der Waals surface area contributed by atoms with Crippen LogP contribution in [0, 0.1) is 17.8 Å². The van der Waals surface area contributed by atoms with Crippen LogP contribution in [-0.4, -0.2) is 25.8 Å². The van der Waals surface area contributed by atoms with Crippen LogP contribution in [-0.2, 0) is 4.74 Å². The van der Waals surface area contributed by atoms with Crippen molar-refractivity contribution in [2.75, 3.05) is 19.8 Å². The van der Waals surface area contributed by atoms with Crippen molar-refractivity contribution in [2.45, 2.75) is 46.1 Å². The number of hydrogen-bond donors (Lipinski definition) is 1. The first-order valence-corrected chi connectivity index (χ1v) is 7.13. The number of rotatable bonds is 4. The zero-order valence-corrected chi connectivity index (χ0v) is 11.5. The first-order valence-electron chi connectivity index (χ1n) is 7.13. The van der Waals surface area contributed by atoms with E-state index in [4.69, 9.17) is 4.74 Å². The van der Waals surface area contributed by atoms with Crippen LogP contribution in [0.2, 0.25) is 0 Å². The van der Waals surface area contributed by atoms with Gasteiger partial charge in [0.1, 0.15) is 0 Å². The second-order valence-corrected chi connectivity index (χ2v) is 6.12. The van der Waals surface area contributed by atoms with Gasteiger partial charge in [-0.3, -0.25) is 0 Å². The van der Waals surface area contributed by atoms with Gasteiger partial charge in [-0.05, 0) is 57.4 Å². The van der Waals surface area contributed by atoms with Gasteiger partial charge >= 0.3 is 0 Å².